The SMILES string of the molecule is O=C(OCc1ccccc1)N1CCN(C(=O)c2ccc3[nH]c(=O)oc3c2)CC1. The van der Waals surface area contributed by atoms with Gasteiger partial charge in [-0.3, -0.25) is 9.78 Å². The Balaban J connectivity index is 1.33. The van der Waals surface area contributed by atoms with Crippen LogP contribution in [0.15, 0.2) is 57.7 Å². The molecule has 1 aromatic heterocycles. The van der Waals surface area contributed by atoms with Gasteiger partial charge in [-0.25, -0.2) is 9.59 Å². The van der Waals surface area contributed by atoms with Gasteiger partial charge in [0.1, 0.15) is 6.61 Å². The van der Waals surface area contributed by atoms with Crippen molar-refractivity contribution >= 4 is 23.1 Å². The highest BCUT2D eigenvalue weighted by Gasteiger charge is 2.26. The Bertz CT molecular complexity index is 1050. The van der Waals surface area contributed by atoms with Crippen molar-refractivity contribution in [3.63, 3.8) is 0 Å². The van der Waals surface area contributed by atoms with E-state index in [1.165, 1.54) is 0 Å². The van der Waals surface area contributed by atoms with Crippen molar-refractivity contribution in [2.45, 2.75) is 6.61 Å². The summed E-state index contributed by atoms with van der Waals surface area (Å²) in [6.07, 6.45) is -0.383. The number of carbonyl (C=O) groups is 2. The molecule has 0 unspecified atom stereocenters. The monoisotopic (exact) mass is 381 g/mol. The van der Waals surface area contributed by atoms with E-state index in [4.69, 9.17) is 9.15 Å². The normalized spacial score (nSPS) is 14.3. The Hall–Kier alpha value is -3.55. The van der Waals surface area contributed by atoms with E-state index >= 15 is 0 Å². The van der Waals surface area contributed by atoms with E-state index in [1.54, 1.807) is 28.0 Å². The molecule has 1 aliphatic rings. The molecule has 0 spiro atoms. The number of oxazole rings is 1. The van der Waals surface area contributed by atoms with Crippen LogP contribution in [-0.4, -0.2) is 53.0 Å². The molecule has 0 radical (unpaired) electrons. The molecule has 0 bridgehead atoms. The average Bonchev–Trinajstić information content (AvgIpc) is 3.11. The number of H-pyrrole nitrogens is 1. The van der Waals surface area contributed by atoms with E-state index in [1.807, 2.05) is 30.3 Å². The molecular formula is C20H19N3O5. The molecular weight excluding hydrogens is 362 g/mol. The molecule has 1 N–H and O–H groups in total. The number of ether oxygens (including phenoxy) is 1. The lowest BCUT2D eigenvalue weighted by molar-refractivity contribution is 0.0544. The van der Waals surface area contributed by atoms with Crippen molar-refractivity contribution < 1.29 is 18.7 Å². The highest BCUT2D eigenvalue weighted by atomic mass is 16.6. The second-order valence-electron chi connectivity index (χ2n) is 6.54. The van der Waals surface area contributed by atoms with Crippen molar-refractivity contribution in [3.8, 4) is 0 Å². The predicted octanol–water partition coefficient (Wildman–Crippen LogP) is 2.22. The van der Waals surface area contributed by atoms with Gasteiger partial charge in [-0.05, 0) is 23.8 Å². The summed E-state index contributed by atoms with van der Waals surface area (Å²) >= 11 is 0. The van der Waals surface area contributed by atoms with E-state index < -0.39 is 5.76 Å². The predicted molar refractivity (Wildman–Crippen MR) is 101 cm³/mol. The second kappa shape index (κ2) is 7.59. The summed E-state index contributed by atoms with van der Waals surface area (Å²) < 4.78 is 10.3. The highest BCUT2D eigenvalue weighted by molar-refractivity contribution is 5.97. The molecule has 2 aromatic carbocycles. The number of aromatic amines is 1. The molecule has 3 aromatic rings. The molecule has 1 saturated heterocycles. The molecule has 1 fully saturated rings. The summed E-state index contributed by atoms with van der Waals surface area (Å²) in [5, 5.41) is 0. The molecule has 8 nitrogen and oxygen atoms in total. The molecule has 0 aliphatic carbocycles. The summed E-state index contributed by atoms with van der Waals surface area (Å²) in [6, 6.07) is 14.3. The minimum atomic E-state index is -0.553. The molecule has 2 heterocycles. The lowest BCUT2D eigenvalue weighted by Gasteiger charge is -2.34. The number of amides is 2. The van der Waals surface area contributed by atoms with Gasteiger partial charge in [0.15, 0.2) is 5.58 Å². The molecule has 0 saturated carbocycles. The fraction of sp³-hybridized carbons (Fsp3) is 0.250. The first-order valence-electron chi connectivity index (χ1n) is 8.98. The van der Waals surface area contributed by atoms with Gasteiger partial charge in [0.05, 0.1) is 5.52 Å². The zero-order chi connectivity index (χ0) is 19.5. The van der Waals surface area contributed by atoms with Crippen LogP contribution in [0.5, 0.6) is 0 Å². The summed E-state index contributed by atoms with van der Waals surface area (Å²) in [7, 11) is 0. The Morgan fingerprint density at radius 2 is 1.71 bits per heavy atom. The van der Waals surface area contributed by atoms with Gasteiger partial charge in [-0.15, -0.1) is 0 Å². The molecule has 28 heavy (non-hydrogen) atoms. The van der Waals surface area contributed by atoms with Gasteiger partial charge in [-0.1, -0.05) is 30.3 Å². The van der Waals surface area contributed by atoms with Crippen LogP contribution in [0.1, 0.15) is 15.9 Å². The van der Waals surface area contributed by atoms with E-state index in [9.17, 15) is 14.4 Å². The largest absolute Gasteiger partial charge is 0.445 e. The van der Waals surface area contributed by atoms with Crippen LogP contribution >= 0.6 is 0 Å². The first-order valence-corrected chi connectivity index (χ1v) is 8.98. The smallest absolute Gasteiger partial charge is 0.417 e. The van der Waals surface area contributed by atoms with Crippen LogP contribution in [-0.2, 0) is 11.3 Å². The fourth-order valence-electron chi connectivity index (χ4n) is 3.16. The van der Waals surface area contributed by atoms with Crippen LogP contribution in [0.25, 0.3) is 11.1 Å². The van der Waals surface area contributed by atoms with E-state index in [0.717, 1.165) is 5.56 Å². The molecule has 144 valence electrons. The number of fused-ring (bicyclic) bond motifs is 1. The number of nitrogens with zero attached hydrogens (tertiary/aromatic N) is 2. The van der Waals surface area contributed by atoms with Gasteiger partial charge in [0.2, 0.25) is 0 Å². The van der Waals surface area contributed by atoms with E-state index in [2.05, 4.69) is 4.98 Å². The maximum atomic E-state index is 12.7. The van der Waals surface area contributed by atoms with Crippen molar-refractivity contribution in [1.29, 1.82) is 0 Å². The van der Waals surface area contributed by atoms with Crippen molar-refractivity contribution in [2.75, 3.05) is 26.2 Å². The summed E-state index contributed by atoms with van der Waals surface area (Å²) in [6.45, 7) is 1.85. The van der Waals surface area contributed by atoms with Crippen LogP contribution < -0.4 is 5.76 Å². The number of carbonyl (C=O) groups excluding carboxylic acids is 2. The van der Waals surface area contributed by atoms with Crippen molar-refractivity contribution in [3.05, 3.63) is 70.2 Å². The van der Waals surface area contributed by atoms with Crippen molar-refractivity contribution in [1.82, 2.24) is 14.8 Å². The van der Waals surface area contributed by atoms with Crippen LogP contribution in [0, 0.1) is 0 Å². The first-order chi connectivity index (χ1) is 13.6. The first kappa shape index (κ1) is 17.8. The molecule has 0 atom stereocenters. The summed E-state index contributed by atoms with van der Waals surface area (Å²) in [4.78, 5) is 42.0. The van der Waals surface area contributed by atoms with Gasteiger partial charge in [0.25, 0.3) is 5.91 Å². The topological polar surface area (TPSA) is 95.9 Å². The molecule has 8 heteroatoms. The molecule has 4 rings (SSSR count). The Kier molecular flexibility index (Phi) is 4.84. The van der Waals surface area contributed by atoms with E-state index in [0.29, 0.717) is 42.8 Å². The molecule has 1 aliphatic heterocycles. The fourth-order valence-corrected chi connectivity index (χ4v) is 3.16. The number of hydrogen-bond donors (Lipinski definition) is 1. The van der Waals surface area contributed by atoms with Gasteiger partial charge in [0, 0.05) is 31.7 Å². The minimum absolute atomic E-state index is 0.164. The third-order valence-corrected chi connectivity index (χ3v) is 4.70. The Morgan fingerprint density at radius 3 is 2.46 bits per heavy atom. The van der Waals surface area contributed by atoms with Gasteiger partial charge < -0.3 is 19.0 Å². The standard InChI is InChI=1S/C20H19N3O5/c24-18(15-6-7-16-17(12-15)28-19(25)21-16)22-8-10-23(11-9-22)20(26)27-13-14-4-2-1-3-5-14/h1-7,12H,8-11,13H2,(H,21,25). The maximum absolute atomic E-state index is 12.7. The van der Waals surface area contributed by atoms with Gasteiger partial charge in [-0.2, -0.15) is 0 Å². The number of rotatable bonds is 3. The quantitative estimate of drug-likeness (QED) is 0.750. The van der Waals surface area contributed by atoms with E-state index in [-0.39, 0.29) is 18.6 Å². The van der Waals surface area contributed by atoms with Crippen LogP contribution in [0.3, 0.4) is 0 Å². The number of aromatic nitrogens is 1. The van der Waals surface area contributed by atoms with Gasteiger partial charge >= 0.3 is 11.8 Å². The number of hydrogen-bond acceptors (Lipinski definition) is 5. The molecule has 2 amide bonds. The Morgan fingerprint density at radius 1 is 1.00 bits per heavy atom. The second-order valence-corrected chi connectivity index (χ2v) is 6.54. The lowest BCUT2D eigenvalue weighted by atomic mass is 10.1. The maximum Gasteiger partial charge on any atom is 0.417 e. The van der Waals surface area contributed by atoms with Crippen LogP contribution in [0.2, 0.25) is 0 Å². The zero-order valence-corrected chi connectivity index (χ0v) is 15.1. The van der Waals surface area contributed by atoms with Crippen LogP contribution in [0.4, 0.5) is 4.79 Å². The third kappa shape index (κ3) is 3.75. The summed E-state index contributed by atoms with van der Waals surface area (Å²) in [5.74, 6) is -0.717. The Labute approximate surface area is 160 Å². The van der Waals surface area contributed by atoms with Crippen molar-refractivity contribution in [2.24, 2.45) is 0 Å². The highest BCUT2D eigenvalue weighted by Crippen LogP contribution is 2.16. The lowest BCUT2D eigenvalue weighted by Crippen LogP contribution is -2.50. The number of nitrogens with one attached hydrogen (secondary N) is 1. The third-order valence-electron chi connectivity index (χ3n) is 4.70. The average molecular weight is 381 g/mol. The minimum Gasteiger partial charge on any atom is -0.445 e. The summed E-state index contributed by atoms with van der Waals surface area (Å²) in [5.41, 5.74) is 2.26. The number of piperazine rings is 1. The zero-order valence-electron chi connectivity index (χ0n) is 15.1. The number of benzene rings is 2.